The molecule has 1 heterocycles. The Morgan fingerprint density at radius 3 is 2.32 bits per heavy atom. The third-order valence-corrected chi connectivity index (χ3v) is 5.37. The maximum atomic E-state index is 13.3. The molecule has 0 saturated carbocycles. The summed E-state index contributed by atoms with van der Waals surface area (Å²) in [5, 5.41) is 5.06. The summed E-state index contributed by atoms with van der Waals surface area (Å²) in [6.45, 7) is 1.85. The zero-order valence-corrected chi connectivity index (χ0v) is 16.9. The second-order valence-corrected chi connectivity index (χ2v) is 7.33. The van der Waals surface area contributed by atoms with E-state index in [4.69, 9.17) is 27.9 Å². The standard InChI is InChI=1S/C20H14Cl2FNO3S/c1-2-27-20(26)16-13(11-6-8-12(23)9-7-11)10-28-19(16)24-18(25)17-14(21)4-3-5-15(17)22/h3-10H,2H2,1H3,(H,24,25). The molecule has 0 saturated heterocycles. The number of halogens is 3. The van der Waals surface area contributed by atoms with Gasteiger partial charge >= 0.3 is 5.97 Å². The number of hydrogen-bond acceptors (Lipinski definition) is 4. The lowest BCUT2D eigenvalue weighted by molar-refractivity contribution is 0.0529. The summed E-state index contributed by atoms with van der Waals surface area (Å²) in [5.74, 6) is -1.53. The lowest BCUT2D eigenvalue weighted by atomic mass is 10.0. The first-order valence-electron chi connectivity index (χ1n) is 8.22. The van der Waals surface area contributed by atoms with Crippen LogP contribution >= 0.6 is 34.5 Å². The number of ether oxygens (including phenoxy) is 1. The van der Waals surface area contributed by atoms with Gasteiger partial charge < -0.3 is 10.1 Å². The predicted molar refractivity (Wildman–Crippen MR) is 110 cm³/mol. The Morgan fingerprint density at radius 1 is 1.07 bits per heavy atom. The van der Waals surface area contributed by atoms with Crippen molar-refractivity contribution in [1.29, 1.82) is 0 Å². The van der Waals surface area contributed by atoms with E-state index in [9.17, 15) is 14.0 Å². The number of anilines is 1. The number of nitrogens with one attached hydrogen (secondary N) is 1. The molecule has 1 amide bonds. The molecule has 1 N–H and O–H groups in total. The average Bonchev–Trinajstić information content (AvgIpc) is 3.06. The van der Waals surface area contributed by atoms with Crippen LogP contribution in [-0.4, -0.2) is 18.5 Å². The molecule has 0 atom stereocenters. The van der Waals surface area contributed by atoms with Crippen LogP contribution in [0.5, 0.6) is 0 Å². The third kappa shape index (κ3) is 4.19. The molecule has 0 aliphatic heterocycles. The summed E-state index contributed by atoms with van der Waals surface area (Å²) in [5.41, 5.74) is 1.45. The Kier molecular flexibility index (Phi) is 6.34. The van der Waals surface area contributed by atoms with Crippen molar-refractivity contribution in [2.24, 2.45) is 0 Å². The fraction of sp³-hybridized carbons (Fsp3) is 0.100. The zero-order chi connectivity index (χ0) is 20.3. The van der Waals surface area contributed by atoms with E-state index in [0.717, 1.165) is 11.3 Å². The summed E-state index contributed by atoms with van der Waals surface area (Å²) >= 11 is 13.3. The number of rotatable bonds is 5. The molecular formula is C20H14Cl2FNO3S. The summed E-state index contributed by atoms with van der Waals surface area (Å²) < 4.78 is 18.4. The van der Waals surface area contributed by atoms with Crippen LogP contribution in [-0.2, 0) is 4.74 Å². The van der Waals surface area contributed by atoms with Crippen LogP contribution in [0.1, 0.15) is 27.6 Å². The number of thiophene rings is 1. The van der Waals surface area contributed by atoms with Crippen molar-refractivity contribution in [1.82, 2.24) is 0 Å². The van der Waals surface area contributed by atoms with Crippen LogP contribution < -0.4 is 5.32 Å². The van der Waals surface area contributed by atoms with Crippen LogP contribution in [0.25, 0.3) is 11.1 Å². The van der Waals surface area contributed by atoms with E-state index < -0.39 is 17.7 Å². The summed E-state index contributed by atoms with van der Waals surface area (Å²) in [4.78, 5) is 25.3. The molecule has 144 valence electrons. The molecule has 0 aliphatic rings. The first kappa shape index (κ1) is 20.3. The average molecular weight is 438 g/mol. The highest BCUT2D eigenvalue weighted by atomic mass is 35.5. The van der Waals surface area contributed by atoms with E-state index in [0.29, 0.717) is 16.1 Å². The van der Waals surface area contributed by atoms with Crippen molar-refractivity contribution in [3.63, 3.8) is 0 Å². The predicted octanol–water partition coefficient (Wildman–Crippen LogP) is 6.29. The van der Waals surface area contributed by atoms with Crippen molar-refractivity contribution in [2.75, 3.05) is 11.9 Å². The summed E-state index contributed by atoms with van der Waals surface area (Å²) in [6, 6.07) is 10.4. The van der Waals surface area contributed by atoms with E-state index in [-0.39, 0.29) is 27.8 Å². The summed E-state index contributed by atoms with van der Waals surface area (Å²) in [7, 11) is 0. The maximum absolute atomic E-state index is 13.3. The highest BCUT2D eigenvalue weighted by molar-refractivity contribution is 7.15. The van der Waals surface area contributed by atoms with Crippen LogP contribution in [0.15, 0.2) is 47.8 Å². The van der Waals surface area contributed by atoms with Crippen molar-refractivity contribution >= 4 is 51.4 Å². The minimum atomic E-state index is -0.594. The van der Waals surface area contributed by atoms with Gasteiger partial charge in [-0.25, -0.2) is 9.18 Å². The molecule has 0 aliphatic carbocycles. The molecule has 3 aromatic rings. The van der Waals surface area contributed by atoms with Crippen molar-refractivity contribution in [2.45, 2.75) is 6.92 Å². The third-order valence-electron chi connectivity index (χ3n) is 3.84. The molecular weight excluding hydrogens is 424 g/mol. The smallest absolute Gasteiger partial charge is 0.341 e. The second kappa shape index (κ2) is 8.73. The monoisotopic (exact) mass is 437 g/mol. The number of esters is 1. The largest absolute Gasteiger partial charge is 0.462 e. The summed E-state index contributed by atoms with van der Waals surface area (Å²) in [6.07, 6.45) is 0. The normalized spacial score (nSPS) is 10.6. The Hall–Kier alpha value is -2.41. The van der Waals surface area contributed by atoms with Gasteiger partial charge in [-0.15, -0.1) is 11.3 Å². The molecule has 0 spiro atoms. The number of benzene rings is 2. The molecule has 2 aromatic carbocycles. The van der Waals surface area contributed by atoms with Crippen LogP contribution in [0.3, 0.4) is 0 Å². The van der Waals surface area contributed by atoms with E-state index in [2.05, 4.69) is 5.32 Å². The molecule has 1 aromatic heterocycles. The van der Waals surface area contributed by atoms with E-state index in [1.54, 1.807) is 42.6 Å². The van der Waals surface area contributed by atoms with Gasteiger partial charge in [0.2, 0.25) is 0 Å². The van der Waals surface area contributed by atoms with Gasteiger partial charge in [-0.1, -0.05) is 41.4 Å². The fourth-order valence-corrected chi connectivity index (χ4v) is 4.10. The second-order valence-electron chi connectivity index (χ2n) is 5.63. The molecule has 8 heteroatoms. The first-order chi connectivity index (χ1) is 13.4. The Balaban J connectivity index is 2.02. The molecule has 0 radical (unpaired) electrons. The van der Waals surface area contributed by atoms with E-state index >= 15 is 0 Å². The topological polar surface area (TPSA) is 55.4 Å². The fourth-order valence-electron chi connectivity index (χ4n) is 2.58. The van der Waals surface area contributed by atoms with Gasteiger partial charge in [0, 0.05) is 10.9 Å². The van der Waals surface area contributed by atoms with E-state index in [1.807, 2.05) is 0 Å². The minimum absolute atomic E-state index is 0.109. The van der Waals surface area contributed by atoms with E-state index in [1.165, 1.54) is 12.1 Å². The maximum Gasteiger partial charge on any atom is 0.341 e. The zero-order valence-electron chi connectivity index (χ0n) is 14.6. The first-order valence-corrected chi connectivity index (χ1v) is 9.85. The molecule has 3 rings (SSSR count). The van der Waals surface area contributed by atoms with Crippen molar-refractivity contribution in [3.8, 4) is 11.1 Å². The van der Waals surface area contributed by atoms with Gasteiger partial charge in [-0.05, 0) is 36.8 Å². The molecule has 4 nitrogen and oxygen atoms in total. The lowest BCUT2D eigenvalue weighted by Gasteiger charge is -2.10. The van der Waals surface area contributed by atoms with Gasteiger partial charge in [-0.2, -0.15) is 0 Å². The molecule has 0 bridgehead atoms. The number of carbonyl (C=O) groups excluding carboxylic acids is 2. The molecule has 0 fully saturated rings. The van der Waals surface area contributed by atoms with Crippen LogP contribution in [0, 0.1) is 5.82 Å². The highest BCUT2D eigenvalue weighted by Crippen LogP contribution is 2.37. The van der Waals surface area contributed by atoms with Gasteiger partial charge in [0.25, 0.3) is 5.91 Å². The quantitative estimate of drug-likeness (QED) is 0.477. The van der Waals surface area contributed by atoms with Gasteiger partial charge in [-0.3, -0.25) is 4.79 Å². The Labute approximate surface area is 174 Å². The SMILES string of the molecule is CCOC(=O)c1c(-c2ccc(F)cc2)csc1NC(=O)c1c(Cl)cccc1Cl. The van der Waals surface area contributed by atoms with Gasteiger partial charge in [0.05, 0.1) is 22.2 Å². The lowest BCUT2D eigenvalue weighted by Crippen LogP contribution is -2.15. The van der Waals surface area contributed by atoms with Crippen LogP contribution in [0.4, 0.5) is 9.39 Å². The van der Waals surface area contributed by atoms with Crippen molar-refractivity contribution in [3.05, 3.63) is 74.8 Å². The highest BCUT2D eigenvalue weighted by Gasteiger charge is 2.24. The minimum Gasteiger partial charge on any atom is -0.462 e. The Bertz CT molecular complexity index is 1010. The van der Waals surface area contributed by atoms with Crippen molar-refractivity contribution < 1.29 is 18.7 Å². The van der Waals surface area contributed by atoms with Gasteiger partial charge in [0.15, 0.2) is 0 Å². The number of amides is 1. The molecule has 28 heavy (non-hydrogen) atoms. The molecule has 0 unspecified atom stereocenters. The number of carbonyl (C=O) groups is 2. The number of hydrogen-bond donors (Lipinski definition) is 1. The van der Waals surface area contributed by atoms with Gasteiger partial charge in [0.1, 0.15) is 16.4 Å². The Morgan fingerprint density at radius 2 is 1.71 bits per heavy atom. The van der Waals surface area contributed by atoms with Crippen LogP contribution in [0.2, 0.25) is 10.0 Å².